The van der Waals surface area contributed by atoms with Crippen molar-refractivity contribution >= 4 is 27.2 Å². The van der Waals surface area contributed by atoms with E-state index in [0.717, 1.165) is 12.4 Å². The SMILES string of the molecule is CC(C)CNc1nccc2ccsc12. The fraction of sp³-hybridized carbons (Fsp3) is 0.364. The molecule has 14 heavy (non-hydrogen) atoms. The van der Waals surface area contributed by atoms with Crippen LogP contribution in [0, 0.1) is 5.92 Å². The summed E-state index contributed by atoms with van der Waals surface area (Å²) in [5.41, 5.74) is 0. The molecule has 0 atom stereocenters. The van der Waals surface area contributed by atoms with Crippen LogP contribution in [-0.2, 0) is 0 Å². The highest BCUT2D eigenvalue weighted by Crippen LogP contribution is 2.26. The van der Waals surface area contributed by atoms with Crippen LogP contribution in [0.25, 0.3) is 10.1 Å². The topological polar surface area (TPSA) is 24.9 Å². The van der Waals surface area contributed by atoms with Crippen LogP contribution in [0.3, 0.4) is 0 Å². The summed E-state index contributed by atoms with van der Waals surface area (Å²) in [4.78, 5) is 4.35. The molecule has 0 unspecified atom stereocenters. The van der Waals surface area contributed by atoms with Crippen LogP contribution in [0.5, 0.6) is 0 Å². The van der Waals surface area contributed by atoms with Gasteiger partial charge in [0, 0.05) is 12.7 Å². The van der Waals surface area contributed by atoms with E-state index in [4.69, 9.17) is 0 Å². The number of fused-ring (bicyclic) bond motifs is 1. The maximum Gasteiger partial charge on any atom is 0.143 e. The molecule has 0 saturated heterocycles. The van der Waals surface area contributed by atoms with Crippen LogP contribution in [0.4, 0.5) is 5.82 Å². The molecule has 2 rings (SSSR count). The Labute approximate surface area is 88.0 Å². The Morgan fingerprint density at radius 1 is 1.43 bits per heavy atom. The first-order chi connectivity index (χ1) is 6.77. The minimum Gasteiger partial charge on any atom is -0.369 e. The van der Waals surface area contributed by atoms with E-state index >= 15 is 0 Å². The molecule has 2 aromatic rings. The van der Waals surface area contributed by atoms with Gasteiger partial charge in [-0.3, -0.25) is 0 Å². The normalized spacial score (nSPS) is 11.1. The van der Waals surface area contributed by atoms with Crippen molar-refractivity contribution in [2.24, 2.45) is 5.92 Å². The highest BCUT2D eigenvalue weighted by Gasteiger charge is 2.03. The molecule has 0 spiro atoms. The van der Waals surface area contributed by atoms with Gasteiger partial charge >= 0.3 is 0 Å². The van der Waals surface area contributed by atoms with Gasteiger partial charge in [0.25, 0.3) is 0 Å². The highest BCUT2D eigenvalue weighted by atomic mass is 32.1. The quantitative estimate of drug-likeness (QED) is 0.833. The molecular weight excluding hydrogens is 192 g/mol. The first-order valence-corrected chi connectivity index (χ1v) is 5.71. The van der Waals surface area contributed by atoms with Crippen molar-refractivity contribution < 1.29 is 0 Å². The van der Waals surface area contributed by atoms with Crippen molar-refractivity contribution in [2.45, 2.75) is 13.8 Å². The van der Waals surface area contributed by atoms with Gasteiger partial charge in [-0.15, -0.1) is 11.3 Å². The lowest BCUT2D eigenvalue weighted by Gasteiger charge is -2.08. The Morgan fingerprint density at radius 3 is 3.07 bits per heavy atom. The fourth-order valence-corrected chi connectivity index (χ4v) is 2.18. The van der Waals surface area contributed by atoms with E-state index in [1.54, 1.807) is 11.3 Å². The predicted molar refractivity (Wildman–Crippen MR) is 62.9 cm³/mol. The molecule has 0 amide bonds. The number of rotatable bonds is 3. The van der Waals surface area contributed by atoms with Crippen molar-refractivity contribution in [1.82, 2.24) is 4.98 Å². The average molecular weight is 206 g/mol. The lowest BCUT2D eigenvalue weighted by Crippen LogP contribution is -2.08. The number of nitrogens with one attached hydrogen (secondary N) is 1. The molecular formula is C11H14N2S. The molecule has 3 heteroatoms. The molecule has 1 N–H and O–H groups in total. The summed E-state index contributed by atoms with van der Waals surface area (Å²) in [6, 6.07) is 4.18. The lowest BCUT2D eigenvalue weighted by molar-refractivity contribution is 0.688. The van der Waals surface area contributed by atoms with Gasteiger partial charge in [0.1, 0.15) is 5.82 Å². The third-order valence-electron chi connectivity index (χ3n) is 2.05. The van der Waals surface area contributed by atoms with Gasteiger partial charge in [-0.2, -0.15) is 0 Å². The van der Waals surface area contributed by atoms with Crippen molar-refractivity contribution in [3.8, 4) is 0 Å². The summed E-state index contributed by atoms with van der Waals surface area (Å²) in [7, 11) is 0. The van der Waals surface area contributed by atoms with Crippen LogP contribution in [0.15, 0.2) is 23.7 Å². The van der Waals surface area contributed by atoms with E-state index < -0.39 is 0 Å². The monoisotopic (exact) mass is 206 g/mol. The molecule has 0 aliphatic carbocycles. The van der Waals surface area contributed by atoms with Gasteiger partial charge in [-0.1, -0.05) is 13.8 Å². The summed E-state index contributed by atoms with van der Waals surface area (Å²) in [6.07, 6.45) is 1.86. The van der Waals surface area contributed by atoms with Crippen LogP contribution in [0.1, 0.15) is 13.8 Å². The van der Waals surface area contributed by atoms with E-state index in [-0.39, 0.29) is 0 Å². The van der Waals surface area contributed by atoms with Crippen molar-refractivity contribution in [3.05, 3.63) is 23.7 Å². The van der Waals surface area contributed by atoms with Crippen LogP contribution >= 0.6 is 11.3 Å². The largest absolute Gasteiger partial charge is 0.369 e. The summed E-state index contributed by atoms with van der Waals surface area (Å²) in [5, 5.41) is 6.75. The van der Waals surface area contributed by atoms with Crippen molar-refractivity contribution in [1.29, 1.82) is 0 Å². The third kappa shape index (κ3) is 1.87. The molecule has 0 radical (unpaired) electrons. The van der Waals surface area contributed by atoms with Crippen LogP contribution in [-0.4, -0.2) is 11.5 Å². The molecule has 74 valence electrons. The highest BCUT2D eigenvalue weighted by molar-refractivity contribution is 7.17. The first kappa shape index (κ1) is 9.46. The summed E-state index contributed by atoms with van der Waals surface area (Å²) in [6.45, 7) is 5.37. The zero-order chi connectivity index (χ0) is 9.97. The lowest BCUT2D eigenvalue weighted by atomic mass is 10.2. The first-order valence-electron chi connectivity index (χ1n) is 4.83. The van der Waals surface area contributed by atoms with Crippen molar-refractivity contribution in [3.63, 3.8) is 0 Å². The summed E-state index contributed by atoms with van der Waals surface area (Å²) < 4.78 is 1.26. The molecule has 0 aliphatic rings. The predicted octanol–water partition coefficient (Wildman–Crippen LogP) is 3.36. The summed E-state index contributed by atoms with van der Waals surface area (Å²) >= 11 is 1.74. The smallest absolute Gasteiger partial charge is 0.143 e. The van der Waals surface area contributed by atoms with Crippen LogP contribution in [0.2, 0.25) is 0 Å². The Bertz CT molecular complexity index is 420. The number of nitrogens with zero attached hydrogens (tertiary/aromatic N) is 1. The second-order valence-electron chi connectivity index (χ2n) is 3.77. The van der Waals surface area contributed by atoms with E-state index in [9.17, 15) is 0 Å². The number of anilines is 1. The number of aromatic nitrogens is 1. The molecule has 0 bridgehead atoms. The number of thiophene rings is 1. The zero-order valence-electron chi connectivity index (χ0n) is 8.45. The van der Waals surface area contributed by atoms with Gasteiger partial charge in [0.05, 0.1) is 4.70 Å². The van der Waals surface area contributed by atoms with Gasteiger partial charge in [0.2, 0.25) is 0 Å². The Kier molecular flexibility index (Phi) is 2.68. The maximum absolute atomic E-state index is 4.35. The Morgan fingerprint density at radius 2 is 2.29 bits per heavy atom. The number of hydrogen-bond acceptors (Lipinski definition) is 3. The average Bonchev–Trinajstić information content (AvgIpc) is 2.62. The van der Waals surface area contributed by atoms with Gasteiger partial charge in [-0.25, -0.2) is 4.98 Å². The molecule has 2 aromatic heterocycles. The van der Waals surface area contributed by atoms with Gasteiger partial charge in [0.15, 0.2) is 0 Å². The molecule has 2 heterocycles. The summed E-state index contributed by atoms with van der Waals surface area (Å²) in [5.74, 6) is 1.67. The van der Waals surface area contributed by atoms with E-state index in [2.05, 4.69) is 35.6 Å². The minimum absolute atomic E-state index is 0.645. The van der Waals surface area contributed by atoms with E-state index in [1.807, 2.05) is 12.3 Å². The maximum atomic E-state index is 4.35. The third-order valence-corrected chi connectivity index (χ3v) is 2.98. The van der Waals surface area contributed by atoms with E-state index in [1.165, 1.54) is 10.1 Å². The molecule has 0 fully saturated rings. The molecule has 0 aliphatic heterocycles. The number of pyridine rings is 1. The zero-order valence-corrected chi connectivity index (χ0v) is 9.27. The van der Waals surface area contributed by atoms with Gasteiger partial charge in [-0.05, 0) is 28.8 Å². The fourth-order valence-electron chi connectivity index (χ4n) is 1.32. The molecule has 0 aromatic carbocycles. The number of hydrogen-bond donors (Lipinski definition) is 1. The standard InChI is InChI=1S/C11H14N2S/c1-8(2)7-13-11-10-9(3-5-12-11)4-6-14-10/h3-6,8H,7H2,1-2H3,(H,12,13). The molecule has 0 saturated carbocycles. The Hall–Kier alpha value is -1.09. The Balaban J connectivity index is 2.27. The molecule has 2 nitrogen and oxygen atoms in total. The second kappa shape index (κ2) is 3.96. The second-order valence-corrected chi connectivity index (χ2v) is 4.69. The van der Waals surface area contributed by atoms with Crippen molar-refractivity contribution in [2.75, 3.05) is 11.9 Å². The minimum atomic E-state index is 0.645. The van der Waals surface area contributed by atoms with Crippen LogP contribution < -0.4 is 5.32 Å². The van der Waals surface area contributed by atoms with E-state index in [0.29, 0.717) is 5.92 Å². The van der Waals surface area contributed by atoms with Gasteiger partial charge < -0.3 is 5.32 Å².